The maximum Gasteiger partial charge on any atom is 0.300 e. The molecule has 0 amide bonds. The van der Waals surface area contributed by atoms with Crippen molar-refractivity contribution in [3.63, 3.8) is 0 Å². The maximum absolute atomic E-state index is 9.00. The lowest BCUT2D eigenvalue weighted by atomic mass is 10.2. The van der Waals surface area contributed by atoms with Crippen molar-refractivity contribution in [1.29, 1.82) is 0 Å². The number of aliphatic carboxylic acids is 1. The number of allylic oxidation sites excluding steroid dienone is 2. The summed E-state index contributed by atoms with van der Waals surface area (Å²) in [6.45, 7) is 5.56. The number of hydrogen-bond donors (Lipinski definition) is 1. The quantitative estimate of drug-likeness (QED) is 0.568. The van der Waals surface area contributed by atoms with Crippen LogP contribution in [0.15, 0.2) is 12.2 Å². The molecule has 0 unspecified atom stereocenters. The van der Waals surface area contributed by atoms with E-state index in [2.05, 4.69) is 26.0 Å². The second-order valence-electron chi connectivity index (χ2n) is 3.27. The van der Waals surface area contributed by atoms with Gasteiger partial charge in [0.2, 0.25) is 0 Å². The summed E-state index contributed by atoms with van der Waals surface area (Å²) in [7, 11) is 0. The van der Waals surface area contributed by atoms with E-state index in [9.17, 15) is 0 Å². The van der Waals surface area contributed by atoms with Gasteiger partial charge in [0.25, 0.3) is 5.97 Å². The van der Waals surface area contributed by atoms with Gasteiger partial charge in [0.05, 0.1) is 0 Å². The molecule has 0 aliphatic rings. The zero-order valence-electron chi connectivity index (χ0n) is 11.3. The Morgan fingerprint density at radius 1 is 0.941 bits per heavy atom. The van der Waals surface area contributed by atoms with Crippen LogP contribution in [-0.2, 0) is 4.79 Å². The fourth-order valence-electron chi connectivity index (χ4n) is 0.880. The van der Waals surface area contributed by atoms with Gasteiger partial charge >= 0.3 is 0 Å². The number of unbranched alkanes of at least 4 members (excludes halogenated alkanes) is 4. The summed E-state index contributed by atoms with van der Waals surface area (Å²) in [6, 6.07) is 0. The Bertz CT molecular complexity index is 132. The molecule has 0 saturated carbocycles. The van der Waals surface area contributed by atoms with Crippen LogP contribution in [0.3, 0.4) is 0 Å². The van der Waals surface area contributed by atoms with Gasteiger partial charge in [-0.05, 0) is 12.8 Å². The fraction of sp³-hybridized carbons (Fsp3) is 0.750. The summed E-state index contributed by atoms with van der Waals surface area (Å²) < 4.78 is 0. The van der Waals surface area contributed by atoms with Gasteiger partial charge in [-0.2, -0.15) is 0 Å². The maximum atomic E-state index is 9.00. The summed E-state index contributed by atoms with van der Waals surface area (Å²) >= 11 is 0. The number of carbonyl (C=O) groups is 1. The summed E-state index contributed by atoms with van der Waals surface area (Å²) in [6.07, 6.45) is 12.5. The van der Waals surface area contributed by atoms with Crippen molar-refractivity contribution in [2.24, 2.45) is 0 Å². The molecule has 0 fully saturated rings. The predicted molar refractivity (Wildman–Crippen MR) is 72.3 cm³/mol. The molecule has 0 aliphatic carbocycles. The Balaban J connectivity index is -0.0000000607. The number of hydrogen-bond acceptors (Lipinski definition) is 1. The molecule has 0 aromatic rings. The smallest absolute Gasteiger partial charge is 0.300 e. The molecule has 0 heterocycles. The highest BCUT2D eigenvalue weighted by Gasteiger charge is 1.78. The summed E-state index contributed by atoms with van der Waals surface area (Å²) in [5.41, 5.74) is 0. The highest BCUT2D eigenvalue weighted by atomic mass is 16.4. The lowest BCUT2D eigenvalue weighted by molar-refractivity contribution is -0.134. The molecule has 0 spiro atoms. The molecule has 7 N–H and O–H groups in total. The fourth-order valence-corrected chi connectivity index (χ4v) is 0.880. The Hall–Kier alpha value is -0.910. The highest BCUT2D eigenvalue weighted by molar-refractivity contribution is 5.62. The van der Waals surface area contributed by atoms with Crippen molar-refractivity contribution in [2.45, 2.75) is 59.3 Å². The number of carboxylic acid groups (broad SMARTS) is 1. The van der Waals surface area contributed by atoms with Crippen molar-refractivity contribution in [2.75, 3.05) is 0 Å². The van der Waals surface area contributed by atoms with Gasteiger partial charge in [-0.3, -0.25) is 4.79 Å². The van der Waals surface area contributed by atoms with Crippen molar-refractivity contribution >= 4 is 5.97 Å². The second kappa shape index (κ2) is 29.4. The van der Waals surface area contributed by atoms with Crippen LogP contribution in [0.5, 0.6) is 0 Å². The van der Waals surface area contributed by atoms with E-state index in [-0.39, 0.29) is 16.4 Å². The number of carboxylic acids is 1. The van der Waals surface area contributed by atoms with Crippen LogP contribution in [0.25, 0.3) is 0 Å². The molecule has 0 radical (unpaired) electrons. The van der Waals surface area contributed by atoms with Gasteiger partial charge in [-0.15, -0.1) is 0 Å². The van der Waals surface area contributed by atoms with Gasteiger partial charge in [-0.25, -0.2) is 0 Å². The summed E-state index contributed by atoms with van der Waals surface area (Å²) in [5.74, 6) is -0.833. The van der Waals surface area contributed by atoms with Crippen LogP contribution >= 0.6 is 0 Å². The zero-order valence-corrected chi connectivity index (χ0v) is 11.3. The molecule has 0 aliphatic heterocycles. The van der Waals surface area contributed by atoms with E-state index in [0.29, 0.717) is 0 Å². The molecule has 0 bridgehead atoms. The number of rotatable bonds is 6. The first-order chi connectivity index (χ1) is 6.65. The van der Waals surface area contributed by atoms with Gasteiger partial charge < -0.3 is 21.5 Å². The molecule has 0 aromatic heterocycles. The van der Waals surface area contributed by atoms with Gasteiger partial charge in [-0.1, -0.05) is 51.7 Å². The molecule has 5 heteroatoms. The minimum absolute atomic E-state index is 0. The molecule has 0 saturated heterocycles. The average Bonchev–Trinajstić information content (AvgIpc) is 2.10. The normalized spacial score (nSPS) is 7.94. The first-order valence-electron chi connectivity index (χ1n) is 5.49. The third-order valence-corrected chi connectivity index (χ3v) is 1.62. The van der Waals surface area contributed by atoms with Crippen LogP contribution in [0.2, 0.25) is 0 Å². The second-order valence-corrected chi connectivity index (χ2v) is 3.27. The van der Waals surface area contributed by atoms with E-state index in [1.54, 1.807) is 0 Å². The molecular weight excluding hydrogens is 224 g/mol. The Morgan fingerprint density at radius 2 is 1.18 bits per heavy atom. The first kappa shape index (κ1) is 29.8. The van der Waals surface area contributed by atoms with E-state index in [4.69, 9.17) is 9.90 Å². The van der Waals surface area contributed by atoms with Crippen molar-refractivity contribution in [3.05, 3.63) is 12.2 Å². The van der Waals surface area contributed by atoms with Crippen molar-refractivity contribution < 1.29 is 26.3 Å². The van der Waals surface area contributed by atoms with E-state index in [1.165, 1.54) is 38.5 Å². The minimum Gasteiger partial charge on any atom is -0.481 e. The lowest BCUT2D eigenvalue weighted by Crippen LogP contribution is -1.78. The SMILES string of the molecule is CC(=O)O.CCCCC=CCCCC.O.O.O. The molecule has 0 rings (SSSR count). The van der Waals surface area contributed by atoms with Gasteiger partial charge in [0.15, 0.2) is 0 Å². The standard InChI is InChI=1S/C10H20.C2H4O2.3H2O/c1-3-5-7-9-10-8-6-4-2;1-2(3)4;;;/h9-10H,3-8H2,1-2H3;1H3,(H,3,4);3*1H2. The third-order valence-electron chi connectivity index (χ3n) is 1.62. The van der Waals surface area contributed by atoms with Crippen molar-refractivity contribution in [1.82, 2.24) is 0 Å². The van der Waals surface area contributed by atoms with Crippen LogP contribution in [0, 0.1) is 0 Å². The monoisotopic (exact) mass is 254 g/mol. The van der Waals surface area contributed by atoms with Crippen LogP contribution in [-0.4, -0.2) is 27.5 Å². The summed E-state index contributed by atoms with van der Waals surface area (Å²) in [4.78, 5) is 9.00. The molecule has 0 aromatic carbocycles. The summed E-state index contributed by atoms with van der Waals surface area (Å²) in [5, 5.41) is 7.42. The topological polar surface area (TPSA) is 132 Å². The predicted octanol–water partition coefficient (Wildman–Crippen LogP) is 1.54. The third kappa shape index (κ3) is 69.7. The Morgan fingerprint density at radius 3 is 1.35 bits per heavy atom. The average molecular weight is 254 g/mol. The van der Waals surface area contributed by atoms with Crippen LogP contribution < -0.4 is 0 Å². The largest absolute Gasteiger partial charge is 0.481 e. The van der Waals surface area contributed by atoms with E-state index < -0.39 is 5.97 Å². The van der Waals surface area contributed by atoms with Crippen molar-refractivity contribution in [3.8, 4) is 0 Å². The van der Waals surface area contributed by atoms with Gasteiger partial charge in [0, 0.05) is 6.92 Å². The lowest BCUT2D eigenvalue weighted by Gasteiger charge is -1.89. The molecule has 17 heavy (non-hydrogen) atoms. The Kier molecular flexibility index (Phi) is 51.6. The van der Waals surface area contributed by atoms with E-state index in [0.717, 1.165) is 6.92 Å². The highest BCUT2D eigenvalue weighted by Crippen LogP contribution is 1.99. The van der Waals surface area contributed by atoms with Crippen LogP contribution in [0.1, 0.15) is 59.3 Å². The first-order valence-corrected chi connectivity index (χ1v) is 5.49. The molecule has 108 valence electrons. The minimum atomic E-state index is -0.833. The molecule has 5 nitrogen and oxygen atoms in total. The van der Waals surface area contributed by atoms with Gasteiger partial charge in [0.1, 0.15) is 0 Å². The van der Waals surface area contributed by atoms with E-state index >= 15 is 0 Å². The van der Waals surface area contributed by atoms with E-state index in [1.807, 2.05) is 0 Å². The molecular formula is C12H30O5. The van der Waals surface area contributed by atoms with Crippen LogP contribution in [0.4, 0.5) is 0 Å². The molecule has 0 atom stereocenters. The zero-order chi connectivity index (χ0) is 11.2. The Labute approximate surface area is 104 Å².